The second-order valence-electron chi connectivity index (χ2n) is 7.86. The van der Waals surface area contributed by atoms with E-state index in [1.54, 1.807) is 30.6 Å². The number of halogens is 1. The number of nitrogens with zero attached hydrogens (tertiary/aromatic N) is 2. The summed E-state index contributed by atoms with van der Waals surface area (Å²) in [6, 6.07) is 11.0. The molecular formula is C26H23ClN2O5. The van der Waals surface area contributed by atoms with Crippen LogP contribution in [-0.2, 0) is 9.59 Å². The van der Waals surface area contributed by atoms with Gasteiger partial charge in [0.05, 0.1) is 36.4 Å². The lowest BCUT2D eigenvalue weighted by Gasteiger charge is -2.27. The Morgan fingerprint density at radius 1 is 1.03 bits per heavy atom. The molecule has 1 unspecified atom stereocenters. The Morgan fingerprint density at radius 2 is 1.71 bits per heavy atom. The van der Waals surface area contributed by atoms with Crippen molar-refractivity contribution < 1.29 is 24.2 Å². The topological polar surface area (TPSA) is 89.0 Å². The van der Waals surface area contributed by atoms with Gasteiger partial charge in [0.25, 0.3) is 11.7 Å². The fraction of sp³-hybridized carbons (Fsp3) is 0.192. The number of ether oxygens (including phenoxy) is 2. The van der Waals surface area contributed by atoms with Gasteiger partial charge in [-0.2, -0.15) is 0 Å². The van der Waals surface area contributed by atoms with Crippen molar-refractivity contribution in [2.24, 2.45) is 0 Å². The number of amides is 1. The number of hydrogen-bond acceptors (Lipinski definition) is 6. The number of methoxy groups -OCH3 is 2. The van der Waals surface area contributed by atoms with Crippen molar-refractivity contribution in [3.05, 3.63) is 87.7 Å². The number of ketones is 1. The number of aromatic nitrogens is 1. The number of aryl methyl sites for hydroxylation is 1. The van der Waals surface area contributed by atoms with Gasteiger partial charge in [-0.1, -0.05) is 23.7 Å². The molecule has 1 saturated heterocycles. The number of aliphatic hydroxyl groups is 1. The standard InChI is InChI=1S/C26H23ClN2O5/c1-14-6-5-7-19(15(14)2)29-23(16-8-10-28-11-9-16)22(25(31)26(29)32)24(30)17-12-21(34-4)18(27)13-20(17)33-3/h5-13,23,30H,1-4H3/b24-22+. The quantitative estimate of drug-likeness (QED) is 0.315. The van der Waals surface area contributed by atoms with E-state index < -0.39 is 17.7 Å². The van der Waals surface area contributed by atoms with Crippen molar-refractivity contribution in [2.45, 2.75) is 19.9 Å². The molecule has 1 aliphatic rings. The van der Waals surface area contributed by atoms with Gasteiger partial charge in [-0.05, 0) is 54.8 Å². The summed E-state index contributed by atoms with van der Waals surface area (Å²) in [4.78, 5) is 32.2. The van der Waals surface area contributed by atoms with Crippen LogP contribution in [0.5, 0.6) is 11.5 Å². The zero-order valence-corrected chi connectivity index (χ0v) is 19.9. The molecule has 1 fully saturated rings. The first kappa shape index (κ1) is 23.3. The van der Waals surface area contributed by atoms with Crippen LogP contribution in [0.3, 0.4) is 0 Å². The minimum absolute atomic E-state index is 0.0696. The van der Waals surface area contributed by atoms with Crippen LogP contribution in [0.15, 0.2) is 60.4 Å². The van der Waals surface area contributed by atoms with E-state index in [1.165, 1.54) is 31.3 Å². The van der Waals surface area contributed by atoms with E-state index >= 15 is 0 Å². The summed E-state index contributed by atoms with van der Waals surface area (Å²) >= 11 is 6.22. The third-order valence-corrected chi connectivity index (χ3v) is 6.33. The van der Waals surface area contributed by atoms with Crippen molar-refractivity contribution in [1.82, 2.24) is 4.98 Å². The second-order valence-corrected chi connectivity index (χ2v) is 8.26. The number of benzene rings is 2. The molecule has 1 atom stereocenters. The van der Waals surface area contributed by atoms with Crippen LogP contribution in [0.2, 0.25) is 5.02 Å². The zero-order chi connectivity index (χ0) is 24.6. The van der Waals surface area contributed by atoms with Gasteiger partial charge in [-0.3, -0.25) is 19.5 Å². The van der Waals surface area contributed by atoms with Gasteiger partial charge < -0.3 is 14.6 Å². The van der Waals surface area contributed by atoms with E-state index in [1.807, 2.05) is 26.0 Å². The van der Waals surface area contributed by atoms with Crippen LogP contribution >= 0.6 is 11.6 Å². The zero-order valence-electron chi connectivity index (χ0n) is 19.1. The average Bonchev–Trinajstić information content (AvgIpc) is 3.11. The summed E-state index contributed by atoms with van der Waals surface area (Å²) in [6.45, 7) is 3.82. The number of rotatable bonds is 5. The lowest BCUT2D eigenvalue weighted by molar-refractivity contribution is -0.132. The lowest BCUT2D eigenvalue weighted by atomic mass is 9.95. The molecular weight excluding hydrogens is 456 g/mol. The van der Waals surface area contributed by atoms with Crippen LogP contribution in [0.25, 0.3) is 5.76 Å². The fourth-order valence-electron chi connectivity index (χ4n) is 4.13. The molecule has 1 amide bonds. The summed E-state index contributed by atoms with van der Waals surface area (Å²) in [7, 11) is 2.86. The number of anilines is 1. The van der Waals surface area contributed by atoms with E-state index in [0.717, 1.165) is 11.1 Å². The molecule has 0 bridgehead atoms. The smallest absolute Gasteiger partial charge is 0.300 e. The molecule has 1 N–H and O–H groups in total. The Bertz CT molecular complexity index is 1320. The maximum absolute atomic E-state index is 13.4. The highest BCUT2D eigenvalue weighted by Gasteiger charge is 2.47. The number of pyridine rings is 1. The molecule has 0 radical (unpaired) electrons. The predicted octanol–water partition coefficient (Wildman–Crippen LogP) is 5.00. The summed E-state index contributed by atoms with van der Waals surface area (Å²) in [5.41, 5.74) is 3.15. The van der Waals surface area contributed by atoms with E-state index in [-0.39, 0.29) is 33.4 Å². The molecule has 3 aromatic rings. The van der Waals surface area contributed by atoms with Crippen LogP contribution < -0.4 is 14.4 Å². The normalized spacial score (nSPS) is 17.2. The SMILES string of the molecule is COc1cc(/C(O)=C2\C(=O)C(=O)N(c3cccc(C)c3C)C2c2ccncc2)c(OC)cc1Cl. The van der Waals surface area contributed by atoms with Crippen LogP contribution in [0.4, 0.5) is 5.69 Å². The highest BCUT2D eigenvalue weighted by Crippen LogP contribution is 2.45. The number of carbonyl (C=O) groups excluding carboxylic acids is 2. The third-order valence-electron chi connectivity index (χ3n) is 6.03. The van der Waals surface area contributed by atoms with E-state index in [4.69, 9.17) is 21.1 Å². The minimum atomic E-state index is -0.880. The highest BCUT2D eigenvalue weighted by atomic mass is 35.5. The summed E-state index contributed by atoms with van der Waals surface area (Å²) < 4.78 is 10.7. The first-order valence-corrected chi connectivity index (χ1v) is 10.9. The largest absolute Gasteiger partial charge is 0.507 e. The van der Waals surface area contributed by atoms with E-state index in [9.17, 15) is 14.7 Å². The Kier molecular flexibility index (Phi) is 6.30. The molecule has 0 aliphatic carbocycles. The third kappa shape index (κ3) is 3.78. The van der Waals surface area contributed by atoms with Crippen LogP contribution in [0, 0.1) is 13.8 Å². The van der Waals surface area contributed by atoms with Gasteiger partial charge in [-0.25, -0.2) is 0 Å². The number of aliphatic hydroxyl groups excluding tert-OH is 1. The molecule has 0 saturated carbocycles. The molecule has 1 aromatic heterocycles. The molecule has 174 valence electrons. The molecule has 34 heavy (non-hydrogen) atoms. The highest BCUT2D eigenvalue weighted by molar-refractivity contribution is 6.51. The summed E-state index contributed by atoms with van der Waals surface area (Å²) in [5.74, 6) is -1.42. The molecule has 8 heteroatoms. The van der Waals surface area contributed by atoms with Crippen molar-refractivity contribution >= 4 is 34.7 Å². The summed E-state index contributed by atoms with van der Waals surface area (Å²) in [6.07, 6.45) is 3.15. The van der Waals surface area contributed by atoms with E-state index in [0.29, 0.717) is 11.3 Å². The van der Waals surface area contributed by atoms with Crippen molar-refractivity contribution in [2.75, 3.05) is 19.1 Å². The van der Waals surface area contributed by atoms with E-state index in [2.05, 4.69) is 4.98 Å². The van der Waals surface area contributed by atoms with Gasteiger partial charge in [0.2, 0.25) is 0 Å². The number of hydrogen-bond donors (Lipinski definition) is 1. The Hall–Kier alpha value is -3.84. The molecule has 2 heterocycles. The first-order chi connectivity index (χ1) is 16.3. The monoisotopic (exact) mass is 478 g/mol. The molecule has 2 aromatic carbocycles. The number of Topliss-reactive ketones (excluding diaryl/α,β-unsaturated/α-hetero) is 1. The Morgan fingerprint density at radius 3 is 2.35 bits per heavy atom. The van der Waals surface area contributed by atoms with Gasteiger partial charge in [0.1, 0.15) is 17.3 Å². The molecule has 7 nitrogen and oxygen atoms in total. The van der Waals surface area contributed by atoms with Crippen molar-refractivity contribution in [3.63, 3.8) is 0 Å². The average molecular weight is 479 g/mol. The molecule has 1 aliphatic heterocycles. The molecule has 0 spiro atoms. The van der Waals surface area contributed by atoms with Gasteiger partial charge >= 0.3 is 0 Å². The maximum atomic E-state index is 13.4. The number of carbonyl (C=O) groups is 2. The minimum Gasteiger partial charge on any atom is -0.507 e. The Balaban J connectivity index is 2.02. The van der Waals surface area contributed by atoms with Crippen molar-refractivity contribution in [1.29, 1.82) is 0 Å². The van der Waals surface area contributed by atoms with Crippen LogP contribution in [-0.4, -0.2) is 36.0 Å². The second kappa shape index (κ2) is 9.19. The fourth-order valence-corrected chi connectivity index (χ4v) is 4.36. The van der Waals surface area contributed by atoms with Crippen molar-refractivity contribution in [3.8, 4) is 11.5 Å². The molecule has 4 rings (SSSR count). The van der Waals surface area contributed by atoms with Gasteiger partial charge in [0.15, 0.2) is 0 Å². The summed E-state index contributed by atoms with van der Waals surface area (Å²) in [5, 5.41) is 11.7. The lowest BCUT2D eigenvalue weighted by Crippen LogP contribution is -2.30. The van der Waals surface area contributed by atoms with Gasteiger partial charge in [-0.15, -0.1) is 0 Å². The van der Waals surface area contributed by atoms with Crippen LogP contribution in [0.1, 0.15) is 28.3 Å². The maximum Gasteiger partial charge on any atom is 0.300 e. The predicted molar refractivity (Wildman–Crippen MR) is 129 cm³/mol. The van der Waals surface area contributed by atoms with Gasteiger partial charge in [0, 0.05) is 24.1 Å². The Labute approximate surface area is 202 Å². The first-order valence-electron chi connectivity index (χ1n) is 10.5.